The van der Waals surface area contributed by atoms with Gasteiger partial charge in [0.25, 0.3) is 5.91 Å². The van der Waals surface area contributed by atoms with Crippen LogP contribution in [-0.4, -0.2) is 39.0 Å². The highest BCUT2D eigenvalue weighted by Crippen LogP contribution is 2.47. The number of benzene rings is 2. The van der Waals surface area contributed by atoms with Gasteiger partial charge < -0.3 is 10.4 Å². The summed E-state index contributed by atoms with van der Waals surface area (Å²) in [7, 11) is 1.75. The Bertz CT molecular complexity index is 1560. The summed E-state index contributed by atoms with van der Waals surface area (Å²) < 4.78 is 54.6. The molecule has 1 fully saturated rings. The minimum absolute atomic E-state index is 0.0392. The molecular weight excluding hydrogens is 496 g/mol. The van der Waals surface area contributed by atoms with E-state index in [4.69, 9.17) is 0 Å². The van der Waals surface area contributed by atoms with E-state index in [0.717, 1.165) is 16.7 Å². The van der Waals surface area contributed by atoms with E-state index in [1.54, 1.807) is 41.5 Å². The molecule has 7 nitrogen and oxygen atoms in total. The van der Waals surface area contributed by atoms with Crippen molar-refractivity contribution in [3.63, 3.8) is 0 Å². The van der Waals surface area contributed by atoms with Crippen molar-refractivity contribution in [2.75, 3.05) is 11.9 Å². The number of H-pyrrole nitrogens is 1. The third-order valence-electron chi connectivity index (χ3n) is 6.50. The Labute approximate surface area is 206 Å². The van der Waals surface area contributed by atoms with Crippen molar-refractivity contribution in [3.05, 3.63) is 75.8 Å². The third-order valence-corrected chi connectivity index (χ3v) is 7.39. The normalized spacial score (nSPS) is 20.5. The molecule has 0 bridgehead atoms. The summed E-state index contributed by atoms with van der Waals surface area (Å²) >= 11 is 0.459. The van der Waals surface area contributed by atoms with Crippen LogP contribution in [0.3, 0.4) is 0 Å². The van der Waals surface area contributed by atoms with Crippen LogP contribution in [0.5, 0.6) is 0 Å². The predicted octanol–water partition coefficient (Wildman–Crippen LogP) is 5.02. The number of halogens is 4. The Kier molecular flexibility index (Phi) is 4.96. The van der Waals surface area contributed by atoms with E-state index in [1.165, 1.54) is 23.6 Å². The molecule has 0 spiro atoms. The molecular formula is C24H18F4N6OS. The lowest BCUT2D eigenvalue weighted by Gasteiger charge is -2.27. The molecule has 6 rings (SSSR count). The molecule has 2 atom stereocenters. The number of likely N-dealkylation sites (N-methyl/N-ethyl adjacent to an activating group) is 1. The van der Waals surface area contributed by atoms with Crippen molar-refractivity contribution in [1.82, 2.24) is 25.4 Å². The van der Waals surface area contributed by atoms with Gasteiger partial charge in [-0.25, -0.2) is 19.4 Å². The SMILES string of the molecule is CC1=C2C(C(=O)N(c3ccc4nc[nH]c4c3)C2c2ccc(-c3csc(C(F)(F)F)n3)cc2F)N(C)N1. The number of alkyl halides is 3. The molecule has 0 aliphatic carbocycles. The van der Waals surface area contributed by atoms with Crippen LogP contribution < -0.4 is 10.3 Å². The highest BCUT2D eigenvalue weighted by molar-refractivity contribution is 7.10. The second kappa shape index (κ2) is 7.87. The number of hydrazine groups is 1. The van der Waals surface area contributed by atoms with Crippen LogP contribution >= 0.6 is 11.3 Å². The van der Waals surface area contributed by atoms with Gasteiger partial charge in [0.2, 0.25) is 0 Å². The average molecular weight is 515 g/mol. The molecule has 2 aliphatic heterocycles. The first-order chi connectivity index (χ1) is 17.1. The van der Waals surface area contributed by atoms with E-state index in [-0.39, 0.29) is 22.7 Å². The van der Waals surface area contributed by atoms with Gasteiger partial charge in [0, 0.05) is 40.5 Å². The van der Waals surface area contributed by atoms with Crippen LogP contribution in [0, 0.1) is 5.82 Å². The standard InChI is InChI=1S/C24H18F4N6OS/c1-11-19-20(14-5-3-12(7-15(14)25)18-9-36-23(31-18)24(26,27)28)34(22(35)21(19)33(2)32-11)13-4-6-16-17(8-13)30-10-29-16/h3-10,20-21,32H,1-2H3,(H,29,30). The number of fused-ring (bicyclic) bond motifs is 2. The highest BCUT2D eigenvalue weighted by Gasteiger charge is 2.52. The zero-order valence-electron chi connectivity index (χ0n) is 18.9. The number of carbonyl (C=O) groups excluding carboxylic acids is 1. The number of aromatic nitrogens is 3. The monoisotopic (exact) mass is 514 g/mol. The van der Waals surface area contributed by atoms with Crippen LogP contribution in [0.2, 0.25) is 0 Å². The minimum Gasteiger partial charge on any atom is -0.345 e. The summed E-state index contributed by atoms with van der Waals surface area (Å²) in [5.41, 5.74) is 7.11. The molecule has 0 radical (unpaired) electrons. The molecule has 2 unspecified atom stereocenters. The number of aromatic amines is 1. The van der Waals surface area contributed by atoms with Crippen molar-refractivity contribution in [1.29, 1.82) is 0 Å². The Morgan fingerprint density at radius 2 is 1.92 bits per heavy atom. The summed E-state index contributed by atoms with van der Waals surface area (Å²) in [5.74, 6) is -0.867. The Balaban J connectivity index is 1.46. The lowest BCUT2D eigenvalue weighted by Crippen LogP contribution is -2.43. The first kappa shape index (κ1) is 22.7. The molecule has 2 aromatic heterocycles. The molecule has 2 aromatic carbocycles. The van der Waals surface area contributed by atoms with Crippen molar-refractivity contribution in [3.8, 4) is 11.3 Å². The van der Waals surface area contributed by atoms with Crippen molar-refractivity contribution < 1.29 is 22.4 Å². The fraction of sp³-hybridized carbons (Fsp3) is 0.208. The smallest absolute Gasteiger partial charge is 0.345 e. The minimum atomic E-state index is -4.57. The summed E-state index contributed by atoms with van der Waals surface area (Å²) in [5, 5.41) is 1.95. The number of hydrogen-bond acceptors (Lipinski definition) is 6. The first-order valence-corrected chi connectivity index (χ1v) is 11.8. The Morgan fingerprint density at radius 3 is 2.64 bits per heavy atom. The largest absolute Gasteiger partial charge is 0.443 e. The summed E-state index contributed by atoms with van der Waals surface area (Å²) in [6, 6.07) is 8.16. The number of thiazole rings is 1. The van der Waals surface area contributed by atoms with Gasteiger partial charge in [-0.15, -0.1) is 11.3 Å². The van der Waals surface area contributed by atoms with E-state index in [0.29, 0.717) is 22.6 Å². The first-order valence-electron chi connectivity index (χ1n) is 10.9. The molecule has 12 heteroatoms. The van der Waals surface area contributed by atoms with Gasteiger partial charge in [-0.3, -0.25) is 9.69 Å². The fourth-order valence-electron chi connectivity index (χ4n) is 4.96. The van der Waals surface area contributed by atoms with Crippen LogP contribution in [0.1, 0.15) is 23.5 Å². The van der Waals surface area contributed by atoms with Crippen molar-refractivity contribution >= 4 is 34.0 Å². The number of anilines is 1. The molecule has 2 N–H and O–H groups in total. The maximum atomic E-state index is 15.7. The summed E-state index contributed by atoms with van der Waals surface area (Å²) in [6.07, 6.45) is -3.01. The van der Waals surface area contributed by atoms with E-state index in [9.17, 15) is 18.0 Å². The lowest BCUT2D eigenvalue weighted by molar-refractivity contribution is -0.137. The maximum absolute atomic E-state index is 15.7. The van der Waals surface area contributed by atoms with Crippen molar-refractivity contribution in [2.24, 2.45) is 0 Å². The van der Waals surface area contributed by atoms with Gasteiger partial charge >= 0.3 is 6.18 Å². The predicted molar refractivity (Wildman–Crippen MR) is 126 cm³/mol. The van der Waals surface area contributed by atoms with Gasteiger partial charge in [0.1, 0.15) is 11.9 Å². The second-order valence-corrected chi connectivity index (χ2v) is 9.55. The number of rotatable bonds is 3. The van der Waals surface area contributed by atoms with Gasteiger partial charge in [-0.2, -0.15) is 13.2 Å². The van der Waals surface area contributed by atoms with E-state index >= 15 is 4.39 Å². The van der Waals surface area contributed by atoms with Crippen LogP contribution in [0.15, 0.2) is 59.4 Å². The summed E-state index contributed by atoms with van der Waals surface area (Å²) in [4.78, 5) is 26.1. The third kappa shape index (κ3) is 3.39. The molecule has 0 saturated carbocycles. The lowest BCUT2D eigenvalue weighted by atomic mass is 9.94. The quantitative estimate of drug-likeness (QED) is 0.376. The van der Waals surface area contributed by atoms with Gasteiger partial charge in [0.05, 0.1) is 29.1 Å². The van der Waals surface area contributed by atoms with E-state index in [1.807, 2.05) is 6.92 Å². The van der Waals surface area contributed by atoms with Crippen LogP contribution in [-0.2, 0) is 11.0 Å². The van der Waals surface area contributed by atoms with Gasteiger partial charge in [-0.05, 0) is 31.2 Å². The van der Waals surface area contributed by atoms with E-state index in [2.05, 4.69) is 20.4 Å². The number of carbonyl (C=O) groups is 1. The zero-order valence-corrected chi connectivity index (χ0v) is 19.7. The van der Waals surface area contributed by atoms with E-state index < -0.39 is 29.1 Å². The summed E-state index contributed by atoms with van der Waals surface area (Å²) in [6.45, 7) is 1.83. The fourth-order valence-corrected chi connectivity index (χ4v) is 5.66. The zero-order chi connectivity index (χ0) is 25.4. The highest BCUT2D eigenvalue weighted by atomic mass is 32.1. The molecule has 1 saturated heterocycles. The number of allylic oxidation sites excluding steroid dienone is 1. The second-order valence-electron chi connectivity index (χ2n) is 8.69. The topological polar surface area (TPSA) is 77.2 Å². The van der Waals surface area contributed by atoms with Crippen LogP contribution in [0.4, 0.5) is 23.2 Å². The Hall–Kier alpha value is -3.77. The number of hydrogen-bond donors (Lipinski definition) is 2. The molecule has 184 valence electrons. The van der Waals surface area contributed by atoms with Crippen molar-refractivity contribution in [2.45, 2.75) is 25.2 Å². The number of amides is 1. The Morgan fingerprint density at radius 1 is 1.11 bits per heavy atom. The average Bonchev–Trinajstić information content (AvgIpc) is 3.59. The van der Waals surface area contributed by atoms with Gasteiger partial charge in [0.15, 0.2) is 5.01 Å². The van der Waals surface area contributed by atoms with Gasteiger partial charge in [-0.1, -0.05) is 12.1 Å². The molecule has 4 heterocycles. The molecule has 36 heavy (non-hydrogen) atoms. The number of nitrogens with one attached hydrogen (secondary N) is 2. The van der Waals surface area contributed by atoms with Crippen LogP contribution in [0.25, 0.3) is 22.3 Å². The number of nitrogens with zero attached hydrogens (tertiary/aromatic N) is 4. The maximum Gasteiger partial charge on any atom is 0.443 e. The number of imidazole rings is 1. The molecule has 2 aliphatic rings. The molecule has 4 aromatic rings. The molecule has 1 amide bonds.